The Morgan fingerprint density at radius 3 is 1.00 bits per heavy atom. The summed E-state index contributed by atoms with van der Waals surface area (Å²) in [6, 6.07) is 0. The van der Waals surface area contributed by atoms with Gasteiger partial charge in [-0.3, -0.25) is 0 Å². The van der Waals surface area contributed by atoms with Crippen molar-refractivity contribution >= 4 is 7.28 Å². The lowest BCUT2D eigenvalue weighted by atomic mass is 9.85. The maximum Gasteiger partial charge on any atom is 0.370 e. The molecule has 0 radical (unpaired) electrons. The molecule has 0 aliphatic heterocycles. The Kier molecular flexibility index (Phi) is 22.1. The maximum atomic E-state index is 7.59. The predicted octanol–water partition coefficient (Wildman–Crippen LogP) is 3.40. The average Bonchev–Trinajstić information content (AvgIpc) is 2.49. The van der Waals surface area contributed by atoms with Crippen molar-refractivity contribution in [1.82, 2.24) is 9.80 Å². The van der Waals surface area contributed by atoms with Crippen molar-refractivity contribution in [1.29, 1.82) is 10.5 Å². The van der Waals surface area contributed by atoms with Crippen molar-refractivity contribution in [2.45, 2.75) is 64.2 Å². The zero-order valence-corrected chi connectivity index (χ0v) is 16.0. The number of nitriles is 2. The number of hydrogen-bond donors (Lipinski definition) is 0. The fourth-order valence-corrected chi connectivity index (χ4v) is 2.31. The summed E-state index contributed by atoms with van der Waals surface area (Å²) in [7, 11) is 8.65. The highest BCUT2D eigenvalue weighted by Gasteiger charge is 1.94. The second-order valence-corrected chi connectivity index (χ2v) is 6.64. The van der Waals surface area contributed by atoms with Crippen LogP contribution in [0, 0.1) is 22.5 Å². The topological polar surface area (TPSA) is 54.1 Å². The summed E-state index contributed by atoms with van der Waals surface area (Å²) in [4.78, 5) is 4.57. The Morgan fingerprint density at radius 1 is 0.565 bits per heavy atom. The summed E-state index contributed by atoms with van der Waals surface area (Å²) in [6.45, 7) is 2.51. The summed E-state index contributed by atoms with van der Waals surface area (Å²) in [5.41, 5.74) is 0. The summed E-state index contributed by atoms with van der Waals surface area (Å²) in [5.74, 6) is 3.31. The van der Waals surface area contributed by atoms with Crippen LogP contribution in [0.4, 0.5) is 0 Å². The molecule has 0 saturated heterocycles. The monoisotopic (exact) mass is 320 g/mol. The van der Waals surface area contributed by atoms with Crippen molar-refractivity contribution in [3.05, 3.63) is 0 Å². The first-order chi connectivity index (χ1) is 11.0. The van der Waals surface area contributed by atoms with Gasteiger partial charge in [0.2, 0.25) is 0 Å². The average molecular weight is 320 g/mol. The molecular weight excluding hydrogens is 283 g/mol. The minimum atomic E-state index is 0. The Labute approximate surface area is 145 Å². The third kappa shape index (κ3) is 29.6. The molecule has 0 aliphatic rings. The van der Waals surface area contributed by atoms with Gasteiger partial charge >= 0.3 is 7.28 Å². The minimum absolute atomic E-state index is 0. The van der Waals surface area contributed by atoms with E-state index in [1.54, 1.807) is 11.9 Å². The molecule has 0 bridgehead atoms. The molecule has 0 heterocycles. The summed E-state index contributed by atoms with van der Waals surface area (Å²) in [6.07, 6.45) is 14.3. The molecule has 132 valence electrons. The molecule has 0 fully saturated rings. The summed E-state index contributed by atoms with van der Waals surface area (Å²) in [5, 5.41) is 15.2. The SMILES string of the molecule is CN(C)CCCCCCCCCCCCN(C)C.N#CBC#N. The van der Waals surface area contributed by atoms with Crippen molar-refractivity contribution < 1.29 is 0 Å². The van der Waals surface area contributed by atoms with Crippen LogP contribution in [-0.4, -0.2) is 58.4 Å². The highest BCUT2D eigenvalue weighted by molar-refractivity contribution is 6.53. The quantitative estimate of drug-likeness (QED) is 0.385. The molecule has 0 atom stereocenters. The van der Waals surface area contributed by atoms with Crippen LogP contribution in [0.25, 0.3) is 0 Å². The number of hydrogen-bond acceptors (Lipinski definition) is 4. The molecule has 5 heteroatoms. The van der Waals surface area contributed by atoms with Crippen LogP contribution < -0.4 is 0 Å². The van der Waals surface area contributed by atoms with E-state index in [0.29, 0.717) is 0 Å². The highest BCUT2D eigenvalue weighted by Crippen LogP contribution is 2.10. The molecule has 0 aliphatic carbocycles. The van der Waals surface area contributed by atoms with Gasteiger partial charge in [-0.05, 0) is 54.1 Å². The van der Waals surface area contributed by atoms with Gasteiger partial charge in [-0.2, -0.15) is 0 Å². The standard InChI is InChI=1S/C16H36N2.C2HBN2/c1-17(2)15-13-11-9-7-5-6-8-10-12-14-16-18(3)4;4-1-3-2-5/h5-16H2,1-4H3;3H. The maximum absolute atomic E-state index is 7.59. The molecular formula is C18H37BN4. The lowest BCUT2D eigenvalue weighted by molar-refractivity contribution is 0.386. The van der Waals surface area contributed by atoms with E-state index >= 15 is 0 Å². The second kappa shape index (κ2) is 21.0. The smallest absolute Gasteiger partial charge is 0.309 e. The van der Waals surface area contributed by atoms with E-state index in [-0.39, 0.29) is 7.28 Å². The van der Waals surface area contributed by atoms with Crippen LogP contribution in [0.3, 0.4) is 0 Å². The normalized spacial score (nSPS) is 9.91. The molecule has 0 aromatic rings. The fraction of sp³-hybridized carbons (Fsp3) is 0.889. The van der Waals surface area contributed by atoms with Crippen LogP contribution >= 0.6 is 0 Å². The van der Waals surface area contributed by atoms with Gasteiger partial charge in [0.05, 0.1) is 0 Å². The summed E-state index contributed by atoms with van der Waals surface area (Å²) < 4.78 is 0. The van der Waals surface area contributed by atoms with E-state index in [2.05, 4.69) is 38.0 Å². The van der Waals surface area contributed by atoms with Crippen LogP contribution in [0.1, 0.15) is 64.2 Å². The van der Waals surface area contributed by atoms with Gasteiger partial charge < -0.3 is 9.80 Å². The van der Waals surface area contributed by atoms with Gasteiger partial charge in [0.1, 0.15) is 0 Å². The number of nitrogens with zero attached hydrogens (tertiary/aromatic N) is 4. The van der Waals surface area contributed by atoms with E-state index < -0.39 is 0 Å². The van der Waals surface area contributed by atoms with E-state index in [4.69, 9.17) is 10.5 Å². The summed E-state index contributed by atoms with van der Waals surface area (Å²) >= 11 is 0. The van der Waals surface area contributed by atoms with E-state index in [1.807, 2.05) is 0 Å². The first kappa shape index (κ1) is 24.2. The molecule has 0 aromatic carbocycles. The van der Waals surface area contributed by atoms with Crippen LogP contribution in [-0.2, 0) is 0 Å². The highest BCUT2D eigenvalue weighted by atomic mass is 15.0. The third-order valence-corrected chi connectivity index (χ3v) is 3.62. The van der Waals surface area contributed by atoms with E-state index in [9.17, 15) is 0 Å². The first-order valence-electron chi connectivity index (χ1n) is 9.08. The van der Waals surface area contributed by atoms with Gasteiger partial charge in [-0.15, -0.1) is 0 Å². The zero-order chi connectivity index (χ0) is 17.8. The number of rotatable bonds is 13. The van der Waals surface area contributed by atoms with Gasteiger partial charge in [0, 0.05) is 11.9 Å². The Morgan fingerprint density at radius 2 is 0.826 bits per heavy atom. The molecule has 0 aromatic heterocycles. The zero-order valence-electron chi connectivity index (χ0n) is 16.0. The van der Waals surface area contributed by atoms with E-state index in [1.165, 1.54) is 77.3 Å². The second-order valence-electron chi connectivity index (χ2n) is 6.64. The molecule has 0 saturated carbocycles. The van der Waals surface area contributed by atoms with Gasteiger partial charge in [-0.25, -0.2) is 10.5 Å². The first-order valence-corrected chi connectivity index (χ1v) is 9.08. The third-order valence-electron chi connectivity index (χ3n) is 3.62. The Bertz CT molecular complexity index is 275. The predicted molar refractivity (Wildman–Crippen MR) is 102 cm³/mol. The van der Waals surface area contributed by atoms with Gasteiger partial charge in [0.25, 0.3) is 0 Å². The van der Waals surface area contributed by atoms with Gasteiger partial charge in [-0.1, -0.05) is 51.4 Å². The largest absolute Gasteiger partial charge is 0.370 e. The molecule has 23 heavy (non-hydrogen) atoms. The Hall–Kier alpha value is -1.04. The molecule has 0 unspecified atom stereocenters. The van der Waals surface area contributed by atoms with Crippen LogP contribution in [0.2, 0.25) is 0 Å². The van der Waals surface area contributed by atoms with E-state index in [0.717, 1.165) is 0 Å². The molecule has 0 rings (SSSR count). The van der Waals surface area contributed by atoms with Crippen molar-refractivity contribution in [3.63, 3.8) is 0 Å². The van der Waals surface area contributed by atoms with Crippen molar-refractivity contribution in [3.8, 4) is 11.9 Å². The van der Waals surface area contributed by atoms with Crippen molar-refractivity contribution in [2.75, 3.05) is 41.3 Å². The lowest BCUT2D eigenvalue weighted by Crippen LogP contribution is -2.12. The molecule has 4 nitrogen and oxygen atoms in total. The van der Waals surface area contributed by atoms with Crippen molar-refractivity contribution in [2.24, 2.45) is 0 Å². The fourth-order valence-electron chi connectivity index (χ4n) is 2.31. The molecule has 0 spiro atoms. The van der Waals surface area contributed by atoms with Gasteiger partial charge in [0.15, 0.2) is 0 Å². The minimum Gasteiger partial charge on any atom is -0.309 e. The Balaban J connectivity index is 0. The molecule has 0 amide bonds. The van der Waals surface area contributed by atoms with Crippen LogP contribution in [0.15, 0.2) is 0 Å². The molecule has 0 N–H and O–H groups in total. The lowest BCUT2D eigenvalue weighted by Gasteiger charge is -2.09. The van der Waals surface area contributed by atoms with Crippen LogP contribution in [0.5, 0.6) is 0 Å². The number of unbranched alkanes of at least 4 members (excludes halogenated alkanes) is 9.